The van der Waals surface area contributed by atoms with Crippen LogP contribution in [0.2, 0.25) is 5.02 Å². The highest BCUT2D eigenvalue weighted by molar-refractivity contribution is 7.89. The molecule has 0 saturated carbocycles. The number of methoxy groups -OCH3 is 1. The molecule has 0 aliphatic carbocycles. The number of rotatable bonds is 8. The van der Waals surface area contributed by atoms with Gasteiger partial charge in [0.1, 0.15) is 10.6 Å². The Hall–Kier alpha value is -2.99. The van der Waals surface area contributed by atoms with Gasteiger partial charge >= 0.3 is 0 Å². The molecule has 1 aromatic heterocycles. The van der Waals surface area contributed by atoms with E-state index in [0.29, 0.717) is 48.6 Å². The van der Waals surface area contributed by atoms with Crippen molar-refractivity contribution in [2.75, 3.05) is 38.6 Å². The van der Waals surface area contributed by atoms with E-state index in [1.165, 1.54) is 17.5 Å². The van der Waals surface area contributed by atoms with Gasteiger partial charge in [0.15, 0.2) is 0 Å². The molecule has 1 atom stereocenters. The molecule has 10 nitrogen and oxygen atoms in total. The summed E-state index contributed by atoms with van der Waals surface area (Å²) < 4.78 is 39.0. The predicted molar refractivity (Wildman–Crippen MR) is 147 cm³/mol. The highest BCUT2D eigenvalue weighted by atomic mass is 35.5. The Morgan fingerprint density at radius 2 is 1.95 bits per heavy atom. The van der Waals surface area contributed by atoms with Crippen molar-refractivity contribution in [3.8, 4) is 17.1 Å². The molecule has 5 rings (SSSR count). The molecule has 2 fully saturated rings. The van der Waals surface area contributed by atoms with Crippen LogP contribution < -0.4 is 10.1 Å². The fourth-order valence-electron chi connectivity index (χ4n) is 5.11. The molecule has 2 aromatic carbocycles. The first-order valence-corrected chi connectivity index (χ1v) is 15.0. The first kappa shape index (κ1) is 27.6. The van der Waals surface area contributed by atoms with Crippen LogP contribution in [0.15, 0.2) is 51.9 Å². The van der Waals surface area contributed by atoms with Gasteiger partial charge in [0.05, 0.1) is 19.6 Å². The lowest BCUT2D eigenvalue weighted by Gasteiger charge is -2.31. The zero-order valence-corrected chi connectivity index (χ0v) is 23.4. The first-order chi connectivity index (χ1) is 18.8. The Morgan fingerprint density at radius 1 is 1.13 bits per heavy atom. The number of hydrogen-bond acceptors (Lipinski definition) is 8. The maximum absolute atomic E-state index is 13.3. The zero-order valence-electron chi connectivity index (χ0n) is 21.8. The fraction of sp³-hybridized carbons (Fsp3) is 0.444. The van der Waals surface area contributed by atoms with E-state index < -0.39 is 10.0 Å². The number of nitrogens with zero attached hydrogens (tertiary/aromatic N) is 4. The van der Waals surface area contributed by atoms with E-state index in [1.54, 1.807) is 24.3 Å². The van der Waals surface area contributed by atoms with Gasteiger partial charge in [-0.3, -0.25) is 9.69 Å². The molecular formula is C27H32ClN5O5S. The van der Waals surface area contributed by atoms with Crippen molar-refractivity contribution in [3.63, 3.8) is 0 Å². The quantitative estimate of drug-likeness (QED) is 0.421. The molecule has 1 N–H and O–H groups in total. The van der Waals surface area contributed by atoms with Crippen molar-refractivity contribution in [1.82, 2.24) is 19.3 Å². The van der Waals surface area contributed by atoms with E-state index in [1.807, 2.05) is 12.1 Å². The molecule has 208 valence electrons. The highest BCUT2D eigenvalue weighted by Gasteiger charge is 2.31. The SMILES string of the molecule is COc1ccc(NC(=O)C2CCCN(Cc3nc(-c4cccc(Cl)c4)no3)C2)cc1S(=O)(=O)N1CCCCC1. The normalized spacial score (nSPS) is 19.1. The molecule has 1 amide bonds. The third-order valence-electron chi connectivity index (χ3n) is 7.15. The number of carbonyl (C=O) groups excluding carboxylic acids is 1. The number of ether oxygens (including phenoxy) is 1. The lowest BCUT2D eigenvalue weighted by molar-refractivity contribution is -0.121. The second-order valence-corrected chi connectivity index (χ2v) is 12.3. The summed E-state index contributed by atoms with van der Waals surface area (Å²) in [7, 11) is -2.29. The molecule has 2 aliphatic rings. The summed E-state index contributed by atoms with van der Waals surface area (Å²) in [6.07, 6.45) is 4.26. The third-order valence-corrected chi connectivity index (χ3v) is 9.31. The van der Waals surface area contributed by atoms with Gasteiger partial charge in [-0.25, -0.2) is 8.42 Å². The summed E-state index contributed by atoms with van der Waals surface area (Å²) in [4.78, 5) is 19.9. The average molecular weight is 574 g/mol. The lowest BCUT2D eigenvalue weighted by atomic mass is 9.97. The number of aromatic nitrogens is 2. The smallest absolute Gasteiger partial charge is 0.246 e. The highest BCUT2D eigenvalue weighted by Crippen LogP contribution is 2.32. The number of halogens is 1. The zero-order chi connectivity index (χ0) is 27.4. The summed E-state index contributed by atoms with van der Waals surface area (Å²) in [5.41, 5.74) is 1.20. The van der Waals surface area contributed by atoms with Crippen molar-refractivity contribution in [1.29, 1.82) is 0 Å². The van der Waals surface area contributed by atoms with Crippen LogP contribution in [0.1, 0.15) is 38.0 Å². The van der Waals surface area contributed by atoms with Gasteiger partial charge in [-0.05, 0) is 62.6 Å². The largest absolute Gasteiger partial charge is 0.495 e. The second-order valence-electron chi connectivity index (χ2n) is 9.92. The Kier molecular flexibility index (Phi) is 8.51. The minimum atomic E-state index is -3.73. The number of sulfonamides is 1. The number of amides is 1. The Balaban J connectivity index is 1.24. The Morgan fingerprint density at radius 3 is 2.72 bits per heavy atom. The number of carbonyl (C=O) groups is 1. The summed E-state index contributed by atoms with van der Waals surface area (Å²) in [6.45, 7) is 2.73. The fourth-order valence-corrected chi connectivity index (χ4v) is 7.00. The third kappa shape index (κ3) is 6.43. The molecule has 3 heterocycles. The first-order valence-electron chi connectivity index (χ1n) is 13.1. The van der Waals surface area contributed by atoms with E-state index in [-0.39, 0.29) is 22.5 Å². The molecule has 1 unspecified atom stereocenters. The van der Waals surface area contributed by atoms with Crippen molar-refractivity contribution >= 4 is 33.2 Å². The molecule has 2 aliphatic heterocycles. The van der Waals surface area contributed by atoms with Crippen molar-refractivity contribution < 1.29 is 22.5 Å². The number of anilines is 1. The minimum Gasteiger partial charge on any atom is -0.495 e. The van der Waals surface area contributed by atoms with Crippen molar-refractivity contribution in [2.24, 2.45) is 5.92 Å². The van der Waals surface area contributed by atoms with Gasteiger partial charge in [0.25, 0.3) is 0 Å². The van der Waals surface area contributed by atoms with Crippen LogP contribution in [-0.2, 0) is 21.4 Å². The van der Waals surface area contributed by atoms with Gasteiger partial charge in [0, 0.05) is 35.9 Å². The van der Waals surface area contributed by atoms with Crippen LogP contribution in [-0.4, -0.2) is 67.0 Å². The number of hydrogen-bond donors (Lipinski definition) is 1. The van der Waals surface area contributed by atoms with Gasteiger partial charge in [-0.1, -0.05) is 35.3 Å². The monoisotopic (exact) mass is 573 g/mol. The van der Waals surface area contributed by atoms with E-state index in [4.69, 9.17) is 20.9 Å². The maximum Gasteiger partial charge on any atom is 0.246 e. The van der Waals surface area contributed by atoms with Gasteiger partial charge < -0.3 is 14.6 Å². The molecular weight excluding hydrogens is 542 g/mol. The molecule has 12 heteroatoms. The molecule has 0 bridgehead atoms. The topological polar surface area (TPSA) is 118 Å². The van der Waals surface area contributed by atoms with Gasteiger partial charge in [-0.2, -0.15) is 9.29 Å². The van der Waals surface area contributed by atoms with Crippen LogP contribution >= 0.6 is 11.6 Å². The standard InChI is InChI=1S/C27H32ClN5O5S/c1-37-23-11-10-22(16-24(23)39(35,36)33-13-3-2-4-14-33)29-27(34)20-8-6-12-32(17-20)18-25-30-26(31-38-25)19-7-5-9-21(28)15-19/h5,7,9-11,15-16,20H,2-4,6,8,12-14,17-18H2,1H3,(H,29,34). The summed E-state index contributed by atoms with van der Waals surface area (Å²) >= 11 is 6.07. The predicted octanol–water partition coefficient (Wildman–Crippen LogP) is 4.42. The lowest BCUT2D eigenvalue weighted by Crippen LogP contribution is -2.40. The molecule has 2 saturated heterocycles. The van der Waals surface area contributed by atoms with E-state index in [2.05, 4.69) is 20.4 Å². The number of likely N-dealkylation sites (tertiary alicyclic amines) is 1. The van der Waals surface area contributed by atoms with E-state index in [0.717, 1.165) is 44.2 Å². The van der Waals surface area contributed by atoms with Crippen LogP contribution in [0.5, 0.6) is 5.75 Å². The van der Waals surface area contributed by atoms with E-state index >= 15 is 0 Å². The summed E-state index contributed by atoms with van der Waals surface area (Å²) in [5, 5.41) is 7.59. The van der Waals surface area contributed by atoms with Crippen LogP contribution in [0.4, 0.5) is 5.69 Å². The maximum atomic E-state index is 13.3. The van der Waals surface area contributed by atoms with Crippen LogP contribution in [0, 0.1) is 5.92 Å². The van der Waals surface area contributed by atoms with Crippen molar-refractivity contribution in [2.45, 2.75) is 43.5 Å². The second kappa shape index (κ2) is 12.0. The summed E-state index contributed by atoms with van der Waals surface area (Å²) in [5.74, 6) is 0.774. The summed E-state index contributed by atoms with van der Waals surface area (Å²) in [6, 6.07) is 12.0. The minimum absolute atomic E-state index is 0.0712. The number of nitrogens with one attached hydrogen (secondary N) is 1. The average Bonchev–Trinajstić information content (AvgIpc) is 3.42. The number of piperidine rings is 2. The van der Waals surface area contributed by atoms with E-state index in [9.17, 15) is 13.2 Å². The van der Waals surface area contributed by atoms with Crippen molar-refractivity contribution in [3.05, 3.63) is 53.4 Å². The van der Waals surface area contributed by atoms with Crippen LogP contribution in [0.3, 0.4) is 0 Å². The van der Waals surface area contributed by atoms with Gasteiger partial charge in [-0.15, -0.1) is 0 Å². The Labute approximate surface area is 233 Å². The molecule has 39 heavy (non-hydrogen) atoms. The Bertz CT molecular complexity index is 1420. The number of benzene rings is 2. The van der Waals surface area contributed by atoms with Crippen LogP contribution in [0.25, 0.3) is 11.4 Å². The molecule has 3 aromatic rings. The molecule has 0 spiro atoms. The molecule has 0 radical (unpaired) electrons. The van der Waals surface area contributed by atoms with Gasteiger partial charge in [0.2, 0.25) is 27.6 Å².